The summed E-state index contributed by atoms with van der Waals surface area (Å²) in [5.74, 6) is 0.721. The van der Waals surface area contributed by atoms with Gasteiger partial charge in [-0.2, -0.15) is 0 Å². The number of benzene rings is 2. The third kappa shape index (κ3) is 5.09. The summed E-state index contributed by atoms with van der Waals surface area (Å²) in [4.78, 5) is 25.7. The number of carbonyl (C=O) groups is 2. The molecule has 5 nitrogen and oxygen atoms in total. The largest absolute Gasteiger partial charge is 0.483 e. The van der Waals surface area contributed by atoms with Crippen LogP contribution in [0.3, 0.4) is 0 Å². The maximum atomic E-state index is 12.2. The van der Waals surface area contributed by atoms with Crippen molar-refractivity contribution in [2.75, 3.05) is 26.0 Å². The van der Waals surface area contributed by atoms with Gasteiger partial charge in [0.05, 0.1) is 0 Å². The Kier molecular flexibility index (Phi) is 6.39. The predicted molar refractivity (Wildman–Crippen MR) is 104 cm³/mol. The van der Waals surface area contributed by atoms with E-state index < -0.39 is 0 Å². The third-order valence-corrected chi connectivity index (χ3v) is 4.04. The lowest BCUT2D eigenvalue weighted by atomic mass is 10.0. The van der Waals surface area contributed by atoms with E-state index >= 15 is 0 Å². The van der Waals surface area contributed by atoms with E-state index in [0.717, 1.165) is 5.56 Å². The number of anilines is 1. The molecule has 2 amide bonds. The van der Waals surface area contributed by atoms with Crippen LogP contribution in [0.5, 0.6) is 5.75 Å². The van der Waals surface area contributed by atoms with Gasteiger partial charge in [0.2, 0.25) is 0 Å². The Balaban J connectivity index is 2.01. The Bertz CT molecular complexity index is 798. The number of hydrogen-bond acceptors (Lipinski definition) is 3. The van der Waals surface area contributed by atoms with Crippen LogP contribution < -0.4 is 10.1 Å². The molecule has 0 aromatic heterocycles. The Morgan fingerprint density at radius 1 is 1.12 bits per heavy atom. The molecule has 0 atom stereocenters. The van der Waals surface area contributed by atoms with E-state index in [9.17, 15) is 9.59 Å². The number of nitrogens with one attached hydrogen (secondary N) is 1. The number of carbonyl (C=O) groups excluding carboxylic acids is 2. The fourth-order valence-corrected chi connectivity index (χ4v) is 2.46. The van der Waals surface area contributed by atoms with Gasteiger partial charge >= 0.3 is 0 Å². The quantitative estimate of drug-likeness (QED) is 0.857. The van der Waals surface area contributed by atoms with E-state index in [0.29, 0.717) is 22.9 Å². The first-order chi connectivity index (χ1) is 12.3. The Morgan fingerprint density at radius 3 is 2.50 bits per heavy atom. The first kappa shape index (κ1) is 19.5. The minimum Gasteiger partial charge on any atom is -0.483 e. The monoisotopic (exact) mass is 354 g/mol. The third-order valence-electron chi connectivity index (χ3n) is 4.04. The molecule has 0 saturated heterocycles. The average molecular weight is 354 g/mol. The lowest BCUT2D eigenvalue weighted by molar-refractivity contribution is -0.118. The molecule has 138 valence electrons. The van der Waals surface area contributed by atoms with Crippen molar-refractivity contribution < 1.29 is 14.3 Å². The Morgan fingerprint density at radius 2 is 1.85 bits per heavy atom. The topological polar surface area (TPSA) is 58.6 Å². The van der Waals surface area contributed by atoms with Crippen LogP contribution in [0.25, 0.3) is 0 Å². The second kappa shape index (κ2) is 8.52. The molecule has 0 aliphatic rings. The second-order valence-electron chi connectivity index (χ2n) is 6.80. The molecule has 0 fully saturated rings. The van der Waals surface area contributed by atoms with Gasteiger partial charge in [-0.1, -0.05) is 32.0 Å². The van der Waals surface area contributed by atoms with Crippen LogP contribution in [0.4, 0.5) is 5.69 Å². The summed E-state index contributed by atoms with van der Waals surface area (Å²) in [6.45, 7) is 6.09. The summed E-state index contributed by atoms with van der Waals surface area (Å²) in [7, 11) is 3.38. The minimum atomic E-state index is -0.270. The number of amides is 2. The fourth-order valence-electron chi connectivity index (χ4n) is 2.46. The van der Waals surface area contributed by atoms with Gasteiger partial charge in [-0.05, 0) is 48.2 Å². The van der Waals surface area contributed by atoms with Gasteiger partial charge in [0.1, 0.15) is 5.75 Å². The summed E-state index contributed by atoms with van der Waals surface area (Å²) in [6.07, 6.45) is 0. The summed E-state index contributed by atoms with van der Waals surface area (Å²) < 4.78 is 5.69. The van der Waals surface area contributed by atoms with Crippen LogP contribution >= 0.6 is 0 Å². The molecule has 2 rings (SSSR count). The van der Waals surface area contributed by atoms with E-state index in [2.05, 4.69) is 25.2 Å². The lowest BCUT2D eigenvalue weighted by Crippen LogP contribution is -2.23. The summed E-state index contributed by atoms with van der Waals surface area (Å²) in [5.41, 5.74) is 3.25. The zero-order valence-corrected chi connectivity index (χ0v) is 16.0. The van der Waals surface area contributed by atoms with Crippen LogP contribution in [0.15, 0.2) is 42.5 Å². The highest BCUT2D eigenvalue weighted by atomic mass is 16.5. The molecule has 1 N–H and O–H groups in total. The van der Waals surface area contributed by atoms with Gasteiger partial charge in [-0.15, -0.1) is 0 Å². The molecule has 2 aromatic carbocycles. The van der Waals surface area contributed by atoms with Crippen molar-refractivity contribution in [1.29, 1.82) is 0 Å². The molecule has 0 saturated carbocycles. The van der Waals surface area contributed by atoms with E-state index in [4.69, 9.17) is 4.74 Å². The van der Waals surface area contributed by atoms with Crippen LogP contribution in [0, 0.1) is 6.92 Å². The van der Waals surface area contributed by atoms with Crippen molar-refractivity contribution in [1.82, 2.24) is 4.90 Å². The van der Waals surface area contributed by atoms with Gasteiger partial charge in [0.15, 0.2) is 6.61 Å². The smallest absolute Gasteiger partial charge is 0.262 e. The molecule has 26 heavy (non-hydrogen) atoms. The van der Waals surface area contributed by atoms with Gasteiger partial charge in [0, 0.05) is 25.3 Å². The normalized spacial score (nSPS) is 10.5. The van der Waals surface area contributed by atoms with Crippen molar-refractivity contribution in [2.24, 2.45) is 0 Å². The summed E-state index contributed by atoms with van der Waals surface area (Å²) in [6, 6.07) is 12.9. The molecule has 0 radical (unpaired) electrons. The minimum absolute atomic E-state index is 0.0890. The highest BCUT2D eigenvalue weighted by Gasteiger charge is 2.11. The van der Waals surface area contributed by atoms with Crippen LogP contribution in [-0.4, -0.2) is 37.4 Å². The molecule has 0 aliphatic carbocycles. The molecule has 2 aromatic rings. The highest BCUT2D eigenvalue weighted by Crippen LogP contribution is 2.24. The molecule has 0 unspecified atom stereocenters. The van der Waals surface area contributed by atoms with E-state index in [1.807, 2.05) is 19.1 Å². The van der Waals surface area contributed by atoms with E-state index in [1.54, 1.807) is 38.4 Å². The summed E-state index contributed by atoms with van der Waals surface area (Å²) in [5, 5.41) is 2.77. The maximum Gasteiger partial charge on any atom is 0.262 e. The number of nitrogens with zero attached hydrogens (tertiary/aromatic N) is 1. The van der Waals surface area contributed by atoms with Gasteiger partial charge in [-0.25, -0.2) is 0 Å². The van der Waals surface area contributed by atoms with Crippen molar-refractivity contribution in [3.63, 3.8) is 0 Å². The molecular weight excluding hydrogens is 328 g/mol. The van der Waals surface area contributed by atoms with Gasteiger partial charge < -0.3 is 15.0 Å². The molecule has 0 aliphatic heterocycles. The van der Waals surface area contributed by atoms with E-state index in [-0.39, 0.29) is 18.4 Å². The highest BCUT2D eigenvalue weighted by molar-refractivity contribution is 5.97. The van der Waals surface area contributed by atoms with Crippen molar-refractivity contribution in [3.05, 3.63) is 59.2 Å². The molecule has 0 bridgehead atoms. The van der Waals surface area contributed by atoms with Crippen LogP contribution in [0.1, 0.15) is 41.3 Å². The van der Waals surface area contributed by atoms with E-state index in [1.165, 1.54) is 10.5 Å². The summed E-state index contributed by atoms with van der Waals surface area (Å²) >= 11 is 0. The second-order valence-corrected chi connectivity index (χ2v) is 6.80. The number of aryl methyl sites for hydroxylation is 1. The first-order valence-corrected chi connectivity index (χ1v) is 8.63. The standard InChI is InChI=1S/C21H26N2O3/c1-14(2)16-10-9-15(3)19(12-16)26-13-20(24)22-18-8-6-7-17(11-18)21(25)23(4)5/h6-12,14H,13H2,1-5H3,(H,22,24). The lowest BCUT2D eigenvalue weighted by Gasteiger charge is -2.14. The van der Waals surface area contributed by atoms with Gasteiger partial charge in [-0.3, -0.25) is 9.59 Å². The van der Waals surface area contributed by atoms with Crippen LogP contribution in [0.2, 0.25) is 0 Å². The fraction of sp³-hybridized carbons (Fsp3) is 0.333. The Labute approximate surface area is 155 Å². The molecular formula is C21H26N2O3. The van der Waals surface area contributed by atoms with Crippen molar-refractivity contribution in [3.8, 4) is 5.75 Å². The predicted octanol–water partition coefficient (Wildman–Crippen LogP) is 3.84. The molecule has 0 heterocycles. The zero-order valence-electron chi connectivity index (χ0n) is 16.0. The molecule has 0 spiro atoms. The van der Waals surface area contributed by atoms with Gasteiger partial charge in [0.25, 0.3) is 11.8 Å². The molecule has 5 heteroatoms. The average Bonchev–Trinajstić information content (AvgIpc) is 2.60. The number of hydrogen-bond donors (Lipinski definition) is 1. The number of ether oxygens (including phenoxy) is 1. The first-order valence-electron chi connectivity index (χ1n) is 8.63. The number of rotatable bonds is 6. The Hall–Kier alpha value is -2.82. The zero-order chi connectivity index (χ0) is 19.3. The maximum absolute atomic E-state index is 12.2. The SMILES string of the molecule is Cc1ccc(C(C)C)cc1OCC(=O)Nc1cccc(C(=O)N(C)C)c1. The van der Waals surface area contributed by atoms with Crippen molar-refractivity contribution in [2.45, 2.75) is 26.7 Å². The van der Waals surface area contributed by atoms with Crippen molar-refractivity contribution >= 4 is 17.5 Å². The van der Waals surface area contributed by atoms with Crippen LogP contribution in [-0.2, 0) is 4.79 Å².